The van der Waals surface area contributed by atoms with Crippen LogP contribution < -0.4 is 4.90 Å². The van der Waals surface area contributed by atoms with Crippen molar-refractivity contribution in [2.24, 2.45) is 0 Å². The van der Waals surface area contributed by atoms with Gasteiger partial charge >= 0.3 is 0 Å². The van der Waals surface area contributed by atoms with E-state index in [2.05, 4.69) is 54.0 Å². The number of anilines is 1. The van der Waals surface area contributed by atoms with Crippen LogP contribution in [0.5, 0.6) is 0 Å². The molecule has 15 heavy (non-hydrogen) atoms. The van der Waals surface area contributed by atoms with Crippen LogP contribution in [0.2, 0.25) is 0 Å². The summed E-state index contributed by atoms with van der Waals surface area (Å²) in [5.41, 5.74) is 1.35. The maximum absolute atomic E-state index is 2.55. The zero-order valence-corrected chi connectivity index (χ0v) is 9.69. The summed E-state index contributed by atoms with van der Waals surface area (Å²) in [7, 11) is 0. The number of nitrogens with zero attached hydrogens (tertiary/aromatic N) is 2. The molecular formula is C13H20N2. The van der Waals surface area contributed by atoms with E-state index in [1.807, 2.05) is 0 Å². The first kappa shape index (κ1) is 10.5. The summed E-state index contributed by atoms with van der Waals surface area (Å²) in [6.07, 6.45) is 1.79. The maximum Gasteiger partial charge on any atom is 0.0793 e. The van der Waals surface area contributed by atoms with Gasteiger partial charge in [0.15, 0.2) is 0 Å². The highest BCUT2D eigenvalue weighted by molar-refractivity contribution is 5.47. The fourth-order valence-corrected chi connectivity index (χ4v) is 2.36. The van der Waals surface area contributed by atoms with E-state index in [-0.39, 0.29) is 0 Å². The molecule has 0 amide bonds. The van der Waals surface area contributed by atoms with E-state index in [0.717, 1.165) is 6.54 Å². The summed E-state index contributed by atoms with van der Waals surface area (Å²) < 4.78 is 0. The first-order chi connectivity index (χ1) is 7.33. The molecule has 1 saturated heterocycles. The molecule has 0 aromatic heterocycles. The summed E-state index contributed by atoms with van der Waals surface area (Å²) in [6.45, 7) is 8.12. The molecule has 0 bridgehead atoms. The van der Waals surface area contributed by atoms with Gasteiger partial charge in [-0.3, -0.25) is 4.90 Å². The Morgan fingerprint density at radius 2 is 1.93 bits per heavy atom. The van der Waals surface area contributed by atoms with Crippen LogP contribution in [0.1, 0.15) is 20.3 Å². The average molecular weight is 204 g/mol. The van der Waals surface area contributed by atoms with Crippen LogP contribution in [-0.2, 0) is 0 Å². The highest BCUT2D eigenvalue weighted by Crippen LogP contribution is 2.22. The van der Waals surface area contributed by atoms with Gasteiger partial charge in [-0.2, -0.15) is 0 Å². The van der Waals surface area contributed by atoms with Crippen LogP contribution in [0.4, 0.5) is 5.69 Å². The number of hydrogen-bond donors (Lipinski definition) is 0. The summed E-state index contributed by atoms with van der Waals surface area (Å²) in [6, 6.07) is 10.7. The zero-order chi connectivity index (χ0) is 10.7. The van der Waals surface area contributed by atoms with Gasteiger partial charge < -0.3 is 4.90 Å². The molecule has 82 valence electrons. The minimum Gasteiger partial charge on any atom is -0.355 e. The Morgan fingerprint density at radius 1 is 1.20 bits per heavy atom. The maximum atomic E-state index is 2.55. The lowest BCUT2D eigenvalue weighted by Gasteiger charge is -2.28. The first-order valence-corrected chi connectivity index (χ1v) is 5.88. The van der Waals surface area contributed by atoms with Gasteiger partial charge in [-0.05, 0) is 32.0 Å². The fourth-order valence-electron chi connectivity index (χ4n) is 2.36. The van der Waals surface area contributed by atoms with Crippen LogP contribution in [-0.4, -0.2) is 30.7 Å². The van der Waals surface area contributed by atoms with Gasteiger partial charge in [0.1, 0.15) is 0 Å². The molecule has 0 radical (unpaired) electrons. The van der Waals surface area contributed by atoms with Crippen molar-refractivity contribution in [2.45, 2.75) is 26.4 Å². The molecule has 1 aromatic carbocycles. The molecule has 1 unspecified atom stereocenters. The molecule has 2 heteroatoms. The zero-order valence-electron chi connectivity index (χ0n) is 9.69. The van der Waals surface area contributed by atoms with Crippen molar-refractivity contribution in [1.82, 2.24) is 4.90 Å². The quantitative estimate of drug-likeness (QED) is 0.746. The molecule has 1 atom stereocenters. The van der Waals surface area contributed by atoms with Crippen molar-refractivity contribution in [3.8, 4) is 0 Å². The monoisotopic (exact) mass is 204 g/mol. The Labute approximate surface area is 92.5 Å². The van der Waals surface area contributed by atoms with Gasteiger partial charge in [-0.1, -0.05) is 25.1 Å². The summed E-state index contributed by atoms with van der Waals surface area (Å²) >= 11 is 0. The van der Waals surface area contributed by atoms with Gasteiger partial charge in [-0.15, -0.1) is 0 Å². The average Bonchev–Trinajstić information content (AvgIpc) is 2.63. The lowest BCUT2D eigenvalue weighted by molar-refractivity contribution is 0.271. The normalized spacial score (nSPS) is 22.3. The van der Waals surface area contributed by atoms with E-state index in [0.29, 0.717) is 6.17 Å². The van der Waals surface area contributed by atoms with Crippen molar-refractivity contribution in [3.05, 3.63) is 30.3 Å². The number of hydrogen-bond acceptors (Lipinski definition) is 2. The van der Waals surface area contributed by atoms with Crippen LogP contribution in [0.25, 0.3) is 0 Å². The van der Waals surface area contributed by atoms with Crippen LogP contribution in [0, 0.1) is 0 Å². The molecule has 1 fully saturated rings. The van der Waals surface area contributed by atoms with Gasteiger partial charge in [0.2, 0.25) is 0 Å². The Balaban J connectivity index is 2.07. The fraction of sp³-hybridized carbons (Fsp3) is 0.538. The number of benzene rings is 1. The van der Waals surface area contributed by atoms with Gasteiger partial charge in [0, 0.05) is 18.8 Å². The Kier molecular flexibility index (Phi) is 3.27. The van der Waals surface area contributed by atoms with E-state index >= 15 is 0 Å². The van der Waals surface area contributed by atoms with Gasteiger partial charge in [0.05, 0.1) is 6.17 Å². The number of rotatable bonds is 3. The Morgan fingerprint density at radius 3 is 2.60 bits per heavy atom. The second kappa shape index (κ2) is 4.67. The van der Waals surface area contributed by atoms with Crippen molar-refractivity contribution < 1.29 is 0 Å². The molecule has 0 N–H and O–H groups in total. The van der Waals surface area contributed by atoms with Gasteiger partial charge in [0.25, 0.3) is 0 Å². The van der Waals surface area contributed by atoms with E-state index < -0.39 is 0 Å². The highest BCUT2D eigenvalue weighted by Gasteiger charge is 2.27. The molecule has 1 heterocycles. The molecule has 0 saturated carbocycles. The standard InChI is InChI=1S/C13H20N2/c1-3-9-14-10-11-15(12(14)2)13-7-5-4-6-8-13/h4-8,12H,3,9-11H2,1-2H3. The second-order valence-corrected chi connectivity index (χ2v) is 4.20. The van der Waals surface area contributed by atoms with Crippen LogP contribution >= 0.6 is 0 Å². The third-order valence-electron chi connectivity index (χ3n) is 3.21. The third-order valence-corrected chi connectivity index (χ3v) is 3.21. The molecular weight excluding hydrogens is 184 g/mol. The Hall–Kier alpha value is -1.02. The molecule has 2 nitrogen and oxygen atoms in total. The summed E-state index contributed by atoms with van der Waals surface area (Å²) in [5, 5.41) is 0. The Bertz CT molecular complexity index is 297. The van der Waals surface area contributed by atoms with Crippen molar-refractivity contribution >= 4 is 5.69 Å². The summed E-state index contributed by atoms with van der Waals surface area (Å²) in [4.78, 5) is 5.03. The largest absolute Gasteiger partial charge is 0.355 e. The van der Waals surface area contributed by atoms with E-state index in [1.54, 1.807) is 0 Å². The molecule has 1 aliphatic heterocycles. The first-order valence-electron chi connectivity index (χ1n) is 5.88. The lowest BCUT2D eigenvalue weighted by atomic mass is 10.3. The lowest BCUT2D eigenvalue weighted by Crippen LogP contribution is -2.36. The molecule has 1 aromatic rings. The van der Waals surface area contributed by atoms with E-state index in [9.17, 15) is 0 Å². The summed E-state index contributed by atoms with van der Waals surface area (Å²) in [5.74, 6) is 0. The minimum atomic E-state index is 0.548. The van der Waals surface area contributed by atoms with Crippen molar-refractivity contribution in [3.63, 3.8) is 0 Å². The number of para-hydroxylation sites is 1. The van der Waals surface area contributed by atoms with Crippen molar-refractivity contribution in [1.29, 1.82) is 0 Å². The van der Waals surface area contributed by atoms with Gasteiger partial charge in [-0.25, -0.2) is 0 Å². The second-order valence-electron chi connectivity index (χ2n) is 4.20. The smallest absolute Gasteiger partial charge is 0.0793 e. The van der Waals surface area contributed by atoms with E-state index in [4.69, 9.17) is 0 Å². The third kappa shape index (κ3) is 2.15. The molecule has 2 rings (SSSR count). The minimum absolute atomic E-state index is 0.548. The SMILES string of the molecule is CCCN1CCN(c2ccccc2)C1C. The van der Waals surface area contributed by atoms with Crippen LogP contribution in [0.3, 0.4) is 0 Å². The van der Waals surface area contributed by atoms with Crippen molar-refractivity contribution in [2.75, 3.05) is 24.5 Å². The molecule has 1 aliphatic rings. The highest BCUT2D eigenvalue weighted by atomic mass is 15.4. The predicted molar refractivity (Wildman–Crippen MR) is 65.1 cm³/mol. The predicted octanol–water partition coefficient (Wildman–Crippen LogP) is 2.56. The van der Waals surface area contributed by atoms with E-state index in [1.165, 1.54) is 25.2 Å². The van der Waals surface area contributed by atoms with Crippen LogP contribution in [0.15, 0.2) is 30.3 Å². The molecule has 0 spiro atoms. The molecule has 0 aliphatic carbocycles. The topological polar surface area (TPSA) is 6.48 Å².